The summed E-state index contributed by atoms with van der Waals surface area (Å²) in [6.07, 6.45) is 1.45. The molecule has 1 heterocycles. The van der Waals surface area contributed by atoms with Gasteiger partial charge in [0.25, 0.3) is 5.91 Å². The molecule has 0 aliphatic heterocycles. The van der Waals surface area contributed by atoms with Gasteiger partial charge in [-0.1, -0.05) is 12.1 Å². The molecule has 1 N–H and O–H groups in total. The van der Waals surface area contributed by atoms with E-state index in [0.717, 1.165) is 11.1 Å². The van der Waals surface area contributed by atoms with Crippen LogP contribution < -0.4 is 5.32 Å². The van der Waals surface area contributed by atoms with Gasteiger partial charge < -0.3 is 14.2 Å². The molecule has 0 saturated carbocycles. The van der Waals surface area contributed by atoms with E-state index in [2.05, 4.69) is 5.32 Å². The largest absolute Gasteiger partial charge is 0.444 e. The van der Waals surface area contributed by atoms with Crippen molar-refractivity contribution in [3.63, 3.8) is 0 Å². The van der Waals surface area contributed by atoms with E-state index in [1.54, 1.807) is 4.90 Å². The monoisotopic (exact) mass is 371 g/mol. The SMILES string of the molecule is CCN(CC)C(=O)c1cc(-c2ccc(NC(=O)OC(C)(C)C)cc2)cn1C. The number of amides is 2. The Balaban J connectivity index is 2.15. The number of ether oxygens (including phenoxy) is 1. The molecule has 6 heteroatoms. The molecular formula is C21H29N3O3. The zero-order chi connectivity index (χ0) is 20.2. The molecule has 2 rings (SSSR count). The number of aryl methyl sites for hydroxylation is 1. The molecule has 0 fully saturated rings. The summed E-state index contributed by atoms with van der Waals surface area (Å²) in [6, 6.07) is 9.36. The van der Waals surface area contributed by atoms with E-state index in [0.29, 0.717) is 24.5 Å². The van der Waals surface area contributed by atoms with Crippen LogP contribution >= 0.6 is 0 Å². The molecule has 0 aliphatic rings. The summed E-state index contributed by atoms with van der Waals surface area (Å²) in [5, 5.41) is 2.71. The zero-order valence-electron chi connectivity index (χ0n) is 17.0. The summed E-state index contributed by atoms with van der Waals surface area (Å²) in [4.78, 5) is 26.3. The minimum atomic E-state index is -0.540. The van der Waals surface area contributed by atoms with Crippen LogP contribution in [0.3, 0.4) is 0 Å². The highest BCUT2D eigenvalue weighted by Crippen LogP contribution is 2.24. The van der Waals surface area contributed by atoms with Crippen molar-refractivity contribution in [1.29, 1.82) is 0 Å². The predicted molar refractivity (Wildman–Crippen MR) is 108 cm³/mol. The number of nitrogens with one attached hydrogen (secondary N) is 1. The molecule has 27 heavy (non-hydrogen) atoms. The Morgan fingerprint density at radius 3 is 2.19 bits per heavy atom. The van der Waals surface area contributed by atoms with Crippen LogP contribution in [0.4, 0.5) is 10.5 Å². The summed E-state index contributed by atoms with van der Waals surface area (Å²) in [7, 11) is 1.87. The molecule has 1 aromatic heterocycles. The van der Waals surface area contributed by atoms with Gasteiger partial charge in [0.05, 0.1) is 0 Å². The molecule has 1 aromatic carbocycles. The highest BCUT2D eigenvalue weighted by Gasteiger charge is 2.18. The lowest BCUT2D eigenvalue weighted by molar-refractivity contribution is 0.0635. The van der Waals surface area contributed by atoms with Crippen molar-refractivity contribution >= 4 is 17.7 Å². The van der Waals surface area contributed by atoms with Crippen molar-refractivity contribution in [2.75, 3.05) is 18.4 Å². The molecule has 146 valence electrons. The summed E-state index contributed by atoms with van der Waals surface area (Å²) in [5.41, 5.74) is 2.70. The third kappa shape index (κ3) is 5.36. The van der Waals surface area contributed by atoms with Crippen LogP contribution in [-0.2, 0) is 11.8 Å². The molecule has 6 nitrogen and oxygen atoms in total. The van der Waals surface area contributed by atoms with Crippen molar-refractivity contribution in [2.24, 2.45) is 7.05 Å². The minimum absolute atomic E-state index is 0.0250. The van der Waals surface area contributed by atoms with Gasteiger partial charge in [0.15, 0.2) is 0 Å². The van der Waals surface area contributed by atoms with Gasteiger partial charge in [0, 0.05) is 37.6 Å². The Labute approximate surface area is 161 Å². The van der Waals surface area contributed by atoms with Crippen LogP contribution in [0.5, 0.6) is 0 Å². The Morgan fingerprint density at radius 2 is 1.67 bits per heavy atom. The molecule has 0 bridgehead atoms. The predicted octanol–water partition coefficient (Wildman–Crippen LogP) is 4.52. The van der Waals surface area contributed by atoms with Gasteiger partial charge in [-0.3, -0.25) is 10.1 Å². The number of rotatable bonds is 5. The quantitative estimate of drug-likeness (QED) is 0.840. The Kier molecular flexibility index (Phi) is 6.31. The van der Waals surface area contributed by atoms with Crippen molar-refractivity contribution in [2.45, 2.75) is 40.2 Å². The number of aromatic nitrogens is 1. The first kappa shape index (κ1) is 20.6. The van der Waals surface area contributed by atoms with Crippen LogP contribution in [0.2, 0.25) is 0 Å². The zero-order valence-corrected chi connectivity index (χ0v) is 17.0. The first-order valence-corrected chi connectivity index (χ1v) is 9.20. The summed E-state index contributed by atoms with van der Waals surface area (Å²) in [5.74, 6) is 0.0250. The maximum atomic E-state index is 12.6. The summed E-state index contributed by atoms with van der Waals surface area (Å²) < 4.78 is 7.10. The average molecular weight is 371 g/mol. The molecule has 0 atom stereocenters. The Bertz CT molecular complexity index is 797. The van der Waals surface area contributed by atoms with Gasteiger partial charge >= 0.3 is 6.09 Å². The number of benzene rings is 1. The molecule has 0 spiro atoms. The lowest BCUT2D eigenvalue weighted by Crippen LogP contribution is -2.31. The van der Waals surface area contributed by atoms with Gasteiger partial charge in [-0.15, -0.1) is 0 Å². The van der Waals surface area contributed by atoms with E-state index in [-0.39, 0.29) is 5.91 Å². The fourth-order valence-electron chi connectivity index (χ4n) is 2.78. The third-order valence-electron chi connectivity index (χ3n) is 4.14. The molecule has 0 saturated heterocycles. The summed E-state index contributed by atoms with van der Waals surface area (Å²) in [6.45, 7) is 10.8. The van der Waals surface area contributed by atoms with Gasteiger partial charge in [-0.2, -0.15) is 0 Å². The second kappa shape index (κ2) is 8.29. The standard InChI is InChI=1S/C21H29N3O3/c1-7-24(8-2)19(25)18-13-16(14-23(18)6)15-9-11-17(12-10-15)22-20(26)27-21(3,4)5/h9-14H,7-8H2,1-6H3,(H,22,26). The van der Waals surface area contributed by atoms with E-state index in [9.17, 15) is 9.59 Å². The average Bonchev–Trinajstić information content (AvgIpc) is 2.96. The lowest BCUT2D eigenvalue weighted by atomic mass is 10.1. The molecule has 2 amide bonds. The Hall–Kier alpha value is -2.76. The second-order valence-corrected chi connectivity index (χ2v) is 7.41. The van der Waals surface area contributed by atoms with Gasteiger partial charge in [-0.25, -0.2) is 4.79 Å². The van der Waals surface area contributed by atoms with Crippen LogP contribution in [0.15, 0.2) is 36.5 Å². The van der Waals surface area contributed by atoms with E-state index in [4.69, 9.17) is 4.74 Å². The second-order valence-electron chi connectivity index (χ2n) is 7.41. The highest BCUT2D eigenvalue weighted by molar-refractivity contribution is 5.94. The molecule has 0 radical (unpaired) electrons. The van der Waals surface area contributed by atoms with Crippen LogP contribution in [0, 0.1) is 0 Å². The number of hydrogen-bond donors (Lipinski definition) is 1. The topological polar surface area (TPSA) is 63.6 Å². The third-order valence-corrected chi connectivity index (χ3v) is 4.14. The first-order valence-electron chi connectivity index (χ1n) is 9.20. The first-order chi connectivity index (χ1) is 12.6. The number of carbonyl (C=O) groups excluding carboxylic acids is 2. The van der Waals surface area contributed by atoms with Crippen molar-refractivity contribution in [3.8, 4) is 11.1 Å². The van der Waals surface area contributed by atoms with E-state index < -0.39 is 11.7 Å². The fraction of sp³-hybridized carbons (Fsp3) is 0.429. The van der Waals surface area contributed by atoms with Crippen LogP contribution in [0.1, 0.15) is 45.1 Å². The maximum Gasteiger partial charge on any atom is 0.412 e. The molecule has 0 unspecified atom stereocenters. The fourth-order valence-corrected chi connectivity index (χ4v) is 2.78. The Morgan fingerprint density at radius 1 is 1.07 bits per heavy atom. The number of anilines is 1. The number of carbonyl (C=O) groups is 2. The van der Waals surface area contributed by atoms with E-state index in [1.165, 1.54) is 0 Å². The van der Waals surface area contributed by atoms with E-state index in [1.807, 2.05) is 82.8 Å². The van der Waals surface area contributed by atoms with Gasteiger partial charge in [0.2, 0.25) is 0 Å². The van der Waals surface area contributed by atoms with E-state index >= 15 is 0 Å². The van der Waals surface area contributed by atoms with Crippen LogP contribution in [0.25, 0.3) is 11.1 Å². The van der Waals surface area contributed by atoms with Crippen molar-refractivity contribution in [1.82, 2.24) is 9.47 Å². The maximum absolute atomic E-state index is 12.6. The smallest absolute Gasteiger partial charge is 0.412 e. The summed E-state index contributed by atoms with van der Waals surface area (Å²) >= 11 is 0. The molecule has 2 aromatic rings. The number of nitrogens with zero attached hydrogens (tertiary/aromatic N) is 2. The van der Waals surface area contributed by atoms with Crippen molar-refractivity contribution < 1.29 is 14.3 Å². The minimum Gasteiger partial charge on any atom is -0.444 e. The normalized spacial score (nSPS) is 11.2. The van der Waals surface area contributed by atoms with Crippen LogP contribution in [-0.4, -0.2) is 40.2 Å². The number of hydrogen-bond acceptors (Lipinski definition) is 3. The van der Waals surface area contributed by atoms with Gasteiger partial charge in [0.1, 0.15) is 11.3 Å². The van der Waals surface area contributed by atoms with Crippen molar-refractivity contribution in [3.05, 3.63) is 42.2 Å². The van der Waals surface area contributed by atoms with Gasteiger partial charge in [-0.05, 0) is 58.4 Å². The molecular weight excluding hydrogens is 342 g/mol. The highest BCUT2D eigenvalue weighted by atomic mass is 16.6. The molecule has 0 aliphatic carbocycles. The lowest BCUT2D eigenvalue weighted by Gasteiger charge is -2.19.